The van der Waals surface area contributed by atoms with Gasteiger partial charge in [-0.3, -0.25) is 14.5 Å². The van der Waals surface area contributed by atoms with Crippen LogP contribution in [0.2, 0.25) is 0 Å². The van der Waals surface area contributed by atoms with Gasteiger partial charge in [-0.05, 0) is 41.3 Å². The summed E-state index contributed by atoms with van der Waals surface area (Å²) in [7, 11) is 1.88. The molecule has 9 nitrogen and oxygen atoms in total. The minimum atomic E-state index is -0.944. The van der Waals surface area contributed by atoms with Crippen molar-refractivity contribution in [1.82, 2.24) is 15.5 Å². The molecule has 3 atom stereocenters. The van der Waals surface area contributed by atoms with E-state index in [1.807, 2.05) is 66.5 Å². The Balaban J connectivity index is 1.26. The average Bonchev–Trinajstić information content (AvgIpc) is 3.30. The minimum absolute atomic E-state index is 0.102. The van der Waals surface area contributed by atoms with E-state index in [0.29, 0.717) is 19.6 Å². The molecule has 2 amide bonds. The number of ether oxygens (including phenoxy) is 2. The second-order valence-corrected chi connectivity index (χ2v) is 11.0. The van der Waals surface area contributed by atoms with Gasteiger partial charge in [-0.2, -0.15) is 0 Å². The van der Waals surface area contributed by atoms with Crippen molar-refractivity contribution >= 4 is 18.0 Å². The molecule has 0 aromatic heterocycles. The Morgan fingerprint density at radius 2 is 1.62 bits per heavy atom. The fraction of sp³-hybridized carbons (Fsp3) is 0.364. The summed E-state index contributed by atoms with van der Waals surface area (Å²) in [6, 6.07) is 24.8. The van der Waals surface area contributed by atoms with E-state index in [1.54, 1.807) is 0 Å². The molecule has 1 aliphatic heterocycles. The summed E-state index contributed by atoms with van der Waals surface area (Å²) in [4.78, 5) is 40.1. The maximum atomic E-state index is 13.6. The standard InChI is InChI=1S/C33H37N3O6/c1-36(18-22-9-3-2-4-10-22)19-30(32(39)34-29-15-16-41-20-23(29)17-31(37)38)35-33(40)42-21-28-26-13-7-5-11-24(26)25-12-6-8-14-27(25)28/h2-14,23,28-30H,15-21H2,1H3,(H,34,39)(H,35,40)(H,37,38). The lowest BCUT2D eigenvalue weighted by atomic mass is 9.92. The summed E-state index contributed by atoms with van der Waals surface area (Å²) in [6.45, 7) is 1.64. The minimum Gasteiger partial charge on any atom is -0.481 e. The number of hydrogen-bond donors (Lipinski definition) is 3. The summed E-state index contributed by atoms with van der Waals surface area (Å²) in [5.74, 6) is -1.78. The first-order valence-electron chi connectivity index (χ1n) is 14.3. The van der Waals surface area contributed by atoms with Crippen LogP contribution in [0.4, 0.5) is 4.79 Å². The largest absolute Gasteiger partial charge is 0.481 e. The molecule has 3 N–H and O–H groups in total. The molecule has 0 saturated carbocycles. The number of alkyl carbamates (subject to hydrolysis) is 1. The van der Waals surface area contributed by atoms with Crippen molar-refractivity contribution in [1.29, 1.82) is 0 Å². The number of nitrogens with one attached hydrogen (secondary N) is 2. The first-order valence-corrected chi connectivity index (χ1v) is 14.3. The highest BCUT2D eigenvalue weighted by Crippen LogP contribution is 2.44. The smallest absolute Gasteiger partial charge is 0.407 e. The van der Waals surface area contributed by atoms with E-state index in [4.69, 9.17) is 9.47 Å². The van der Waals surface area contributed by atoms with Crippen LogP contribution in [0.3, 0.4) is 0 Å². The summed E-state index contributed by atoms with van der Waals surface area (Å²) in [6.07, 6.45) is -0.288. The van der Waals surface area contributed by atoms with Crippen LogP contribution in [-0.4, -0.2) is 73.5 Å². The number of hydrogen-bond acceptors (Lipinski definition) is 6. The van der Waals surface area contributed by atoms with Gasteiger partial charge in [0, 0.05) is 37.6 Å². The number of fused-ring (bicyclic) bond motifs is 3. The maximum absolute atomic E-state index is 13.6. The number of carbonyl (C=O) groups excluding carboxylic acids is 2. The van der Waals surface area contributed by atoms with Crippen molar-refractivity contribution in [2.75, 3.05) is 33.4 Å². The van der Waals surface area contributed by atoms with Gasteiger partial charge in [-0.25, -0.2) is 4.79 Å². The molecule has 3 aromatic carbocycles. The number of carboxylic acid groups (broad SMARTS) is 1. The molecule has 1 saturated heterocycles. The predicted molar refractivity (Wildman–Crippen MR) is 158 cm³/mol. The zero-order chi connectivity index (χ0) is 29.5. The fourth-order valence-corrected chi connectivity index (χ4v) is 5.94. The van der Waals surface area contributed by atoms with Gasteiger partial charge in [-0.1, -0.05) is 78.9 Å². The lowest BCUT2D eigenvalue weighted by Crippen LogP contribution is -2.56. The van der Waals surface area contributed by atoms with Crippen LogP contribution in [0.25, 0.3) is 11.1 Å². The molecule has 1 aliphatic carbocycles. The number of rotatable bonds is 11. The van der Waals surface area contributed by atoms with E-state index < -0.39 is 18.1 Å². The Kier molecular flexibility index (Phi) is 9.51. The number of likely N-dealkylation sites (N-methyl/N-ethyl adjacent to an activating group) is 1. The van der Waals surface area contributed by atoms with Crippen LogP contribution in [0, 0.1) is 5.92 Å². The van der Waals surface area contributed by atoms with E-state index in [9.17, 15) is 19.5 Å². The SMILES string of the molecule is CN(Cc1ccccc1)CC(NC(=O)OCC1c2ccccc2-c2ccccc21)C(=O)NC1CCOCC1CC(=O)O. The summed E-state index contributed by atoms with van der Waals surface area (Å²) in [5.41, 5.74) is 5.55. The molecule has 3 unspecified atom stereocenters. The molecular weight excluding hydrogens is 534 g/mol. The van der Waals surface area contributed by atoms with Crippen molar-refractivity contribution in [2.24, 2.45) is 5.92 Å². The van der Waals surface area contributed by atoms with Crippen LogP contribution in [-0.2, 0) is 25.6 Å². The fourth-order valence-electron chi connectivity index (χ4n) is 5.94. The Morgan fingerprint density at radius 3 is 2.29 bits per heavy atom. The third-order valence-electron chi connectivity index (χ3n) is 7.98. The summed E-state index contributed by atoms with van der Waals surface area (Å²) < 4.78 is 11.2. The molecule has 220 valence electrons. The number of nitrogens with zero attached hydrogens (tertiary/aromatic N) is 1. The van der Waals surface area contributed by atoms with Crippen molar-refractivity contribution < 1.29 is 29.0 Å². The molecule has 3 aromatic rings. The van der Waals surface area contributed by atoms with Crippen molar-refractivity contribution in [3.8, 4) is 11.1 Å². The van der Waals surface area contributed by atoms with Crippen LogP contribution in [0.5, 0.6) is 0 Å². The summed E-state index contributed by atoms with van der Waals surface area (Å²) >= 11 is 0. The molecular formula is C33H37N3O6. The normalized spacial score (nSPS) is 18.5. The number of carboxylic acids is 1. The quantitative estimate of drug-likeness (QED) is 0.318. The first-order chi connectivity index (χ1) is 20.4. The molecule has 1 fully saturated rings. The van der Waals surface area contributed by atoms with E-state index in [2.05, 4.69) is 34.9 Å². The van der Waals surface area contributed by atoms with Gasteiger partial charge in [0.1, 0.15) is 12.6 Å². The van der Waals surface area contributed by atoms with E-state index in [1.165, 1.54) is 0 Å². The van der Waals surface area contributed by atoms with Crippen LogP contribution in [0.1, 0.15) is 35.4 Å². The van der Waals surface area contributed by atoms with Crippen molar-refractivity contribution in [2.45, 2.75) is 37.4 Å². The number of carbonyl (C=O) groups is 3. The molecule has 0 bridgehead atoms. The van der Waals surface area contributed by atoms with Crippen LogP contribution >= 0.6 is 0 Å². The Labute approximate surface area is 245 Å². The van der Waals surface area contributed by atoms with Gasteiger partial charge >= 0.3 is 12.1 Å². The Bertz CT molecular complexity index is 1350. The Morgan fingerprint density at radius 1 is 0.976 bits per heavy atom. The number of amides is 2. The van der Waals surface area contributed by atoms with Gasteiger partial charge in [-0.15, -0.1) is 0 Å². The van der Waals surface area contributed by atoms with Crippen LogP contribution in [0.15, 0.2) is 78.9 Å². The monoisotopic (exact) mass is 571 g/mol. The zero-order valence-corrected chi connectivity index (χ0v) is 23.7. The molecule has 5 rings (SSSR count). The predicted octanol–water partition coefficient (Wildman–Crippen LogP) is 4.02. The van der Waals surface area contributed by atoms with E-state index in [-0.39, 0.29) is 50.0 Å². The first kappa shape index (κ1) is 29.3. The molecule has 0 radical (unpaired) electrons. The highest BCUT2D eigenvalue weighted by atomic mass is 16.5. The van der Waals surface area contributed by atoms with Gasteiger partial charge in [0.2, 0.25) is 5.91 Å². The summed E-state index contributed by atoms with van der Waals surface area (Å²) in [5, 5.41) is 15.1. The van der Waals surface area contributed by atoms with Gasteiger partial charge in [0.15, 0.2) is 0 Å². The molecule has 42 heavy (non-hydrogen) atoms. The Hall–Kier alpha value is -4.21. The third kappa shape index (κ3) is 7.16. The van der Waals surface area contributed by atoms with Gasteiger partial charge in [0.25, 0.3) is 0 Å². The van der Waals surface area contributed by atoms with Crippen molar-refractivity contribution in [3.05, 3.63) is 95.6 Å². The second kappa shape index (κ2) is 13.6. The lowest BCUT2D eigenvalue weighted by Gasteiger charge is -2.33. The second-order valence-electron chi connectivity index (χ2n) is 11.0. The van der Waals surface area contributed by atoms with E-state index in [0.717, 1.165) is 27.8 Å². The lowest BCUT2D eigenvalue weighted by molar-refractivity contribution is -0.140. The van der Waals surface area contributed by atoms with Crippen molar-refractivity contribution in [3.63, 3.8) is 0 Å². The molecule has 2 aliphatic rings. The maximum Gasteiger partial charge on any atom is 0.407 e. The molecule has 9 heteroatoms. The van der Waals surface area contributed by atoms with Crippen LogP contribution < -0.4 is 10.6 Å². The molecule has 0 spiro atoms. The van der Waals surface area contributed by atoms with Gasteiger partial charge < -0.3 is 25.2 Å². The molecule has 1 heterocycles. The number of aliphatic carboxylic acids is 1. The third-order valence-corrected chi connectivity index (χ3v) is 7.98. The highest BCUT2D eigenvalue weighted by molar-refractivity contribution is 5.86. The van der Waals surface area contributed by atoms with E-state index >= 15 is 0 Å². The highest BCUT2D eigenvalue weighted by Gasteiger charge is 2.33. The van der Waals surface area contributed by atoms with Gasteiger partial charge in [0.05, 0.1) is 13.0 Å². The topological polar surface area (TPSA) is 117 Å². The average molecular weight is 572 g/mol. The number of benzene rings is 3. The zero-order valence-electron chi connectivity index (χ0n) is 23.7.